The third-order valence-corrected chi connectivity index (χ3v) is 4.74. The summed E-state index contributed by atoms with van der Waals surface area (Å²) in [5.74, 6) is -0.185. The van der Waals surface area contributed by atoms with E-state index in [0.717, 1.165) is 17.3 Å². The maximum Gasteiger partial charge on any atom is 0.325 e. The average molecular weight is 356 g/mol. The van der Waals surface area contributed by atoms with Gasteiger partial charge in [-0.25, -0.2) is 0 Å². The molecule has 1 fully saturated rings. The van der Waals surface area contributed by atoms with E-state index in [1.54, 1.807) is 13.2 Å². The third kappa shape index (κ3) is 4.45. The Kier molecular flexibility index (Phi) is 6.06. The topological polar surface area (TPSA) is 58.6 Å². The summed E-state index contributed by atoms with van der Waals surface area (Å²) in [5, 5.41) is 12.9. The molecule has 5 heteroatoms. The van der Waals surface area contributed by atoms with Gasteiger partial charge < -0.3 is 9.84 Å². The molecular weight excluding hydrogens is 334 g/mol. The number of halogens is 1. The van der Waals surface area contributed by atoms with Crippen molar-refractivity contribution in [2.24, 2.45) is 0 Å². The first-order chi connectivity index (χ1) is 10.1. The first-order valence-corrected chi connectivity index (χ1v) is 8.23. The SMILES string of the molecule is COc1ccc(Br)c(C(NC2CCCCCC2)C(=O)O)c1. The van der Waals surface area contributed by atoms with Crippen LogP contribution in [0.4, 0.5) is 0 Å². The number of rotatable bonds is 5. The number of ether oxygens (including phenoxy) is 1. The summed E-state index contributed by atoms with van der Waals surface area (Å²) < 4.78 is 6.00. The Morgan fingerprint density at radius 1 is 1.33 bits per heavy atom. The Bertz CT molecular complexity index is 484. The molecule has 116 valence electrons. The second kappa shape index (κ2) is 7.80. The zero-order chi connectivity index (χ0) is 15.2. The van der Waals surface area contributed by atoms with Gasteiger partial charge in [0, 0.05) is 10.5 Å². The van der Waals surface area contributed by atoms with Crippen LogP contribution in [0.2, 0.25) is 0 Å². The van der Waals surface area contributed by atoms with Crippen molar-refractivity contribution in [2.75, 3.05) is 7.11 Å². The Hall–Kier alpha value is -1.07. The molecule has 0 radical (unpaired) electrons. The molecule has 1 aliphatic carbocycles. The average Bonchev–Trinajstić information content (AvgIpc) is 2.74. The molecule has 1 unspecified atom stereocenters. The molecule has 4 nitrogen and oxygen atoms in total. The lowest BCUT2D eigenvalue weighted by atomic mass is 10.0. The largest absolute Gasteiger partial charge is 0.497 e. The van der Waals surface area contributed by atoms with Crippen LogP contribution in [0.15, 0.2) is 22.7 Å². The summed E-state index contributed by atoms with van der Waals surface area (Å²) in [4.78, 5) is 11.7. The molecule has 1 aromatic rings. The highest BCUT2D eigenvalue weighted by atomic mass is 79.9. The highest BCUT2D eigenvalue weighted by molar-refractivity contribution is 9.10. The fraction of sp³-hybridized carbons (Fsp3) is 0.562. The minimum Gasteiger partial charge on any atom is -0.497 e. The maximum absolute atomic E-state index is 11.7. The zero-order valence-corrected chi connectivity index (χ0v) is 13.9. The summed E-state index contributed by atoms with van der Waals surface area (Å²) in [7, 11) is 1.58. The van der Waals surface area contributed by atoms with E-state index in [-0.39, 0.29) is 6.04 Å². The fourth-order valence-corrected chi connectivity index (χ4v) is 3.32. The second-order valence-corrected chi connectivity index (χ2v) is 6.37. The van der Waals surface area contributed by atoms with Crippen LogP contribution < -0.4 is 10.1 Å². The number of carboxylic acids is 1. The van der Waals surface area contributed by atoms with E-state index in [1.807, 2.05) is 12.1 Å². The van der Waals surface area contributed by atoms with Crippen molar-refractivity contribution in [1.29, 1.82) is 0 Å². The monoisotopic (exact) mass is 355 g/mol. The first kappa shape index (κ1) is 16.3. The lowest BCUT2D eigenvalue weighted by Gasteiger charge is -2.23. The molecule has 0 bridgehead atoms. The lowest BCUT2D eigenvalue weighted by molar-refractivity contribution is -0.140. The predicted octanol–water partition coefficient (Wildman–Crippen LogP) is 3.90. The van der Waals surface area contributed by atoms with Crippen molar-refractivity contribution in [3.05, 3.63) is 28.2 Å². The maximum atomic E-state index is 11.7. The molecule has 1 saturated carbocycles. The molecule has 1 aliphatic rings. The van der Waals surface area contributed by atoms with Gasteiger partial charge in [-0.05, 0) is 36.6 Å². The number of nitrogens with one attached hydrogen (secondary N) is 1. The van der Waals surface area contributed by atoms with E-state index in [9.17, 15) is 9.90 Å². The van der Waals surface area contributed by atoms with Crippen molar-refractivity contribution in [3.8, 4) is 5.75 Å². The Morgan fingerprint density at radius 3 is 2.57 bits per heavy atom. The number of carbonyl (C=O) groups is 1. The molecule has 0 aliphatic heterocycles. The molecular formula is C16H22BrNO3. The lowest BCUT2D eigenvalue weighted by Crippen LogP contribution is -2.37. The predicted molar refractivity (Wildman–Crippen MR) is 85.7 cm³/mol. The van der Waals surface area contributed by atoms with E-state index < -0.39 is 12.0 Å². The highest BCUT2D eigenvalue weighted by Gasteiger charge is 2.26. The van der Waals surface area contributed by atoms with Crippen LogP contribution >= 0.6 is 15.9 Å². The summed E-state index contributed by atoms with van der Waals surface area (Å²) in [6, 6.07) is 4.99. The van der Waals surface area contributed by atoms with E-state index in [1.165, 1.54) is 25.7 Å². The van der Waals surface area contributed by atoms with Gasteiger partial charge in [0.05, 0.1) is 7.11 Å². The van der Waals surface area contributed by atoms with Crippen LogP contribution in [0.1, 0.15) is 50.1 Å². The normalized spacial score (nSPS) is 18.0. The van der Waals surface area contributed by atoms with Gasteiger partial charge in [0.15, 0.2) is 0 Å². The highest BCUT2D eigenvalue weighted by Crippen LogP contribution is 2.29. The van der Waals surface area contributed by atoms with E-state index in [2.05, 4.69) is 21.2 Å². The van der Waals surface area contributed by atoms with Crippen molar-refractivity contribution >= 4 is 21.9 Å². The van der Waals surface area contributed by atoms with E-state index in [0.29, 0.717) is 11.3 Å². The van der Waals surface area contributed by atoms with Crippen LogP contribution in [-0.4, -0.2) is 24.2 Å². The number of aliphatic carboxylic acids is 1. The third-order valence-electron chi connectivity index (χ3n) is 4.02. The number of methoxy groups -OCH3 is 1. The van der Waals surface area contributed by atoms with Crippen LogP contribution in [0.3, 0.4) is 0 Å². The van der Waals surface area contributed by atoms with Crippen LogP contribution in [0, 0.1) is 0 Å². The minimum atomic E-state index is -0.854. The molecule has 2 N–H and O–H groups in total. The Morgan fingerprint density at radius 2 is 2.00 bits per heavy atom. The number of hydrogen-bond acceptors (Lipinski definition) is 3. The second-order valence-electron chi connectivity index (χ2n) is 5.51. The zero-order valence-electron chi connectivity index (χ0n) is 12.3. The number of benzene rings is 1. The van der Waals surface area contributed by atoms with Crippen molar-refractivity contribution in [1.82, 2.24) is 5.32 Å². The van der Waals surface area contributed by atoms with Crippen molar-refractivity contribution < 1.29 is 14.6 Å². The Balaban J connectivity index is 2.20. The van der Waals surface area contributed by atoms with Crippen LogP contribution in [0.5, 0.6) is 5.75 Å². The number of hydrogen-bond donors (Lipinski definition) is 2. The summed E-state index contributed by atoms with van der Waals surface area (Å²) in [6.07, 6.45) is 6.93. The number of carboxylic acid groups (broad SMARTS) is 1. The van der Waals surface area contributed by atoms with Gasteiger partial charge >= 0.3 is 5.97 Å². The summed E-state index contributed by atoms with van der Waals surface area (Å²) >= 11 is 3.45. The van der Waals surface area contributed by atoms with Gasteiger partial charge in [0.25, 0.3) is 0 Å². The molecule has 0 spiro atoms. The van der Waals surface area contributed by atoms with Gasteiger partial charge in [-0.1, -0.05) is 41.6 Å². The summed E-state index contributed by atoms with van der Waals surface area (Å²) in [5.41, 5.74) is 0.714. The van der Waals surface area contributed by atoms with E-state index in [4.69, 9.17) is 4.74 Å². The van der Waals surface area contributed by atoms with Gasteiger partial charge in [0.1, 0.15) is 11.8 Å². The van der Waals surface area contributed by atoms with Gasteiger partial charge in [-0.3, -0.25) is 10.1 Å². The smallest absolute Gasteiger partial charge is 0.325 e. The molecule has 0 amide bonds. The molecule has 0 saturated heterocycles. The molecule has 2 rings (SSSR count). The first-order valence-electron chi connectivity index (χ1n) is 7.44. The summed E-state index contributed by atoms with van der Waals surface area (Å²) in [6.45, 7) is 0. The van der Waals surface area contributed by atoms with Gasteiger partial charge in [0.2, 0.25) is 0 Å². The molecule has 21 heavy (non-hydrogen) atoms. The molecule has 0 aromatic heterocycles. The van der Waals surface area contributed by atoms with Crippen LogP contribution in [0.25, 0.3) is 0 Å². The standard InChI is InChI=1S/C16H22BrNO3/c1-21-12-8-9-14(17)13(10-12)15(16(19)20)18-11-6-4-2-3-5-7-11/h8-11,15,18H,2-7H2,1H3,(H,19,20). The molecule has 1 atom stereocenters. The van der Waals surface area contributed by atoms with Crippen molar-refractivity contribution in [2.45, 2.75) is 50.6 Å². The Labute approximate surface area is 134 Å². The molecule has 1 aromatic carbocycles. The fourth-order valence-electron chi connectivity index (χ4n) is 2.85. The minimum absolute atomic E-state index is 0.270. The van der Waals surface area contributed by atoms with Gasteiger partial charge in [-0.2, -0.15) is 0 Å². The van der Waals surface area contributed by atoms with Crippen molar-refractivity contribution in [3.63, 3.8) is 0 Å². The van der Waals surface area contributed by atoms with Crippen LogP contribution in [-0.2, 0) is 4.79 Å². The molecule has 0 heterocycles. The quantitative estimate of drug-likeness (QED) is 0.786. The van der Waals surface area contributed by atoms with E-state index >= 15 is 0 Å². The van der Waals surface area contributed by atoms with Gasteiger partial charge in [-0.15, -0.1) is 0 Å².